The van der Waals surface area contributed by atoms with Gasteiger partial charge in [0.05, 0.1) is 18.2 Å². The molecule has 4 heteroatoms. The van der Waals surface area contributed by atoms with E-state index in [4.69, 9.17) is 4.74 Å². The van der Waals surface area contributed by atoms with Crippen LogP contribution in [0, 0.1) is 0 Å². The first-order valence-electron chi connectivity index (χ1n) is 9.54. The lowest BCUT2D eigenvalue weighted by Gasteiger charge is -2.15. The van der Waals surface area contributed by atoms with Gasteiger partial charge in [-0.1, -0.05) is 43.3 Å². The lowest BCUT2D eigenvalue weighted by molar-refractivity contribution is 0.339. The third kappa shape index (κ3) is 3.18. The zero-order valence-electron chi connectivity index (χ0n) is 16.1. The van der Waals surface area contributed by atoms with Gasteiger partial charge >= 0.3 is 0 Å². The Morgan fingerprint density at radius 2 is 1.79 bits per heavy atom. The molecule has 4 aromatic rings. The predicted molar refractivity (Wildman–Crippen MR) is 113 cm³/mol. The Balaban J connectivity index is 2.02. The van der Waals surface area contributed by atoms with Crippen LogP contribution >= 0.6 is 0 Å². The molecule has 0 N–H and O–H groups in total. The van der Waals surface area contributed by atoms with E-state index in [1.807, 2.05) is 66.1 Å². The number of hydrogen-bond acceptors (Lipinski definition) is 3. The number of fused-ring (bicyclic) bond motifs is 1. The second-order valence-electron chi connectivity index (χ2n) is 6.58. The van der Waals surface area contributed by atoms with Crippen molar-refractivity contribution in [2.24, 2.45) is 0 Å². The van der Waals surface area contributed by atoms with Gasteiger partial charge in [-0.15, -0.1) is 0 Å². The molecule has 0 saturated heterocycles. The molecule has 28 heavy (non-hydrogen) atoms. The van der Waals surface area contributed by atoms with Crippen molar-refractivity contribution in [3.63, 3.8) is 0 Å². The lowest BCUT2D eigenvalue weighted by atomic mass is 9.99. The Hall–Kier alpha value is -3.40. The molecule has 0 unspecified atom stereocenters. The molecule has 2 heterocycles. The van der Waals surface area contributed by atoms with E-state index >= 15 is 0 Å². The van der Waals surface area contributed by atoms with Gasteiger partial charge < -0.3 is 4.74 Å². The van der Waals surface area contributed by atoms with Gasteiger partial charge in [0.15, 0.2) is 0 Å². The number of rotatable bonds is 5. The molecule has 0 radical (unpaired) electrons. The van der Waals surface area contributed by atoms with Crippen LogP contribution in [0.2, 0.25) is 0 Å². The summed E-state index contributed by atoms with van der Waals surface area (Å²) in [6.07, 6.45) is 4.23. The van der Waals surface area contributed by atoms with E-state index in [1.165, 1.54) is 0 Å². The van der Waals surface area contributed by atoms with Crippen LogP contribution in [0.4, 0.5) is 0 Å². The summed E-state index contributed by atoms with van der Waals surface area (Å²) in [5, 5.41) is 1.63. The van der Waals surface area contributed by atoms with Crippen LogP contribution in [0.15, 0.2) is 77.9 Å². The van der Waals surface area contributed by atoms with Crippen molar-refractivity contribution < 1.29 is 4.74 Å². The summed E-state index contributed by atoms with van der Waals surface area (Å²) in [6, 6.07) is 19.8. The van der Waals surface area contributed by atoms with Gasteiger partial charge in [-0.2, -0.15) is 0 Å². The first-order chi connectivity index (χ1) is 13.7. The standard InChI is InChI=1S/C24H22N2O2/c1-3-19-13-17-9-8-12-22(18-14-21(28-4-2)16-25-15-18)23(17)24(27)26(19)20-10-6-5-7-11-20/h5-16H,3-4H2,1-2H3. The van der Waals surface area contributed by atoms with Crippen LogP contribution in [0.1, 0.15) is 19.5 Å². The van der Waals surface area contributed by atoms with Gasteiger partial charge in [-0.05, 0) is 48.6 Å². The molecule has 4 rings (SSSR count). The number of aryl methyl sites for hydroxylation is 1. The van der Waals surface area contributed by atoms with Crippen molar-refractivity contribution in [1.29, 1.82) is 0 Å². The average molecular weight is 370 g/mol. The van der Waals surface area contributed by atoms with Crippen LogP contribution in [-0.4, -0.2) is 16.2 Å². The second-order valence-corrected chi connectivity index (χ2v) is 6.58. The maximum atomic E-state index is 13.6. The molecule has 0 atom stereocenters. The van der Waals surface area contributed by atoms with Gasteiger partial charge in [-0.25, -0.2) is 0 Å². The highest BCUT2D eigenvalue weighted by Gasteiger charge is 2.14. The smallest absolute Gasteiger partial charge is 0.263 e. The Labute approximate surface area is 164 Å². The van der Waals surface area contributed by atoms with Crippen LogP contribution in [0.3, 0.4) is 0 Å². The van der Waals surface area contributed by atoms with Crippen molar-refractivity contribution in [3.05, 3.63) is 89.1 Å². The minimum Gasteiger partial charge on any atom is -0.492 e. The maximum absolute atomic E-state index is 13.6. The summed E-state index contributed by atoms with van der Waals surface area (Å²) >= 11 is 0. The summed E-state index contributed by atoms with van der Waals surface area (Å²) < 4.78 is 7.41. The minimum atomic E-state index is -0.0158. The summed E-state index contributed by atoms with van der Waals surface area (Å²) in [4.78, 5) is 17.9. The SMILES string of the molecule is CCOc1cncc(-c2cccc3cc(CC)n(-c4ccccc4)c(=O)c23)c1. The monoisotopic (exact) mass is 370 g/mol. The lowest BCUT2D eigenvalue weighted by Crippen LogP contribution is -2.22. The van der Waals surface area contributed by atoms with E-state index < -0.39 is 0 Å². The molecule has 2 aromatic heterocycles. The van der Waals surface area contributed by atoms with Crippen LogP contribution < -0.4 is 10.3 Å². The zero-order chi connectivity index (χ0) is 19.5. The van der Waals surface area contributed by atoms with Crippen molar-refractivity contribution in [3.8, 4) is 22.6 Å². The van der Waals surface area contributed by atoms with Crippen molar-refractivity contribution in [1.82, 2.24) is 9.55 Å². The molecule has 0 spiro atoms. The Bertz CT molecular complexity index is 1180. The maximum Gasteiger partial charge on any atom is 0.263 e. The number of aromatic nitrogens is 2. The molecule has 140 valence electrons. The molecule has 0 aliphatic heterocycles. The molecule has 0 bridgehead atoms. The normalized spacial score (nSPS) is 10.9. The molecule has 0 saturated carbocycles. The van der Waals surface area contributed by atoms with Crippen LogP contribution in [0.5, 0.6) is 5.75 Å². The van der Waals surface area contributed by atoms with Gasteiger partial charge in [0.1, 0.15) is 5.75 Å². The Kier molecular flexibility index (Phi) is 4.94. The topological polar surface area (TPSA) is 44.1 Å². The molecular formula is C24H22N2O2. The van der Waals surface area contributed by atoms with Gasteiger partial charge in [-0.3, -0.25) is 14.3 Å². The number of nitrogens with zero attached hydrogens (tertiary/aromatic N) is 2. The molecule has 2 aromatic carbocycles. The van der Waals surface area contributed by atoms with Crippen LogP contribution in [-0.2, 0) is 6.42 Å². The minimum absolute atomic E-state index is 0.0158. The van der Waals surface area contributed by atoms with Gasteiger partial charge in [0.25, 0.3) is 5.56 Å². The highest BCUT2D eigenvalue weighted by atomic mass is 16.5. The largest absolute Gasteiger partial charge is 0.492 e. The first kappa shape index (κ1) is 18.0. The summed E-state index contributed by atoms with van der Waals surface area (Å²) in [5.74, 6) is 0.700. The molecule has 0 fully saturated rings. The molecular weight excluding hydrogens is 348 g/mol. The quantitative estimate of drug-likeness (QED) is 0.496. The van der Waals surface area contributed by atoms with Crippen molar-refractivity contribution in [2.45, 2.75) is 20.3 Å². The van der Waals surface area contributed by atoms with E-state index in [0.717, 1.165) is 34.3 Å². The van der Waals surface area contributed by atoms with E-state index in [2.05, 4.69) is 18.0 Å². The summed E-state index contributed by atoms with van der Waals surface area (Å²) in [7, 11) is 0. The van der Waals surface area contributed by atoms with Crippen molar-refractivity contribution >= 4 is 10.8 Å². The first-order valence-corrected chi connectivity index (χ1v) is 9.54. The zero-order valence-corrected chi connectivity index (χ0v) is 16.1. The molecule has 4 nitrogen and oxygen atoms in total. The van der Waals surface area contributed by atoms with Gasteiger partial charge in [0.2, 0.25) is 0 Å². The third-order valence-corrected chi connectivity index (χ3v) is 4.83. The number of hydrogen-bond donors (Lipinski definition) is 0. The highest BCUT2D eigenvalue weighted by Crippen LogP contribution is 2.29. The van der Waals surface area contributed by atoms with Crippen molar-refractivity contribution in [2.75, 3.05) is 6.61 Å². The second kappa shape index (κ2) is 7.69. The van der Waals surface area contributed by atoms with Gasteiger partial charge in [0, 0.05) is 23.1 Å². The summed E-state index contributed by atoms with van der Waals surface area (Å²) in [5.41, 5.74) is 3.59. The fraction of sp³-hybridized carbons (Fsp3) is 0.167. The number of para-hydroxylation sites is 1. The predicted octanol–water partition coefficient (Wildman–Crippen LogP) is 5.01. The highest BCUT2D eigenvalue weighted by molar-refractivity contribution is 5.96. The van der Waals surface area contributed by atoms with E-state index in [-0.39, 0.29) is 5.56 Å². The number of pyridine rings is 2. The van der Waals surface area contributed by atoms with E-state index in [0.29, 0.717) is 17.7 Å². The number of benzene rings is 2. The Morgan fingerprint density at radius 3 is 2.54 bits per heavy atom. The molecule has 0 amide bonds. The fourth-order valence-electron chi connectivity index (χ4n) is 3.59. The molecule has 0 aliphatic carbocycles. The van der Waals surface area contributed by atoms with Crippen LogP contribution in [0.25, 0.3) is 27.6 Å². The fourth-order valence-corrected chi connectivity index (χ4v) is 3.59. The average Bonchev–Trinajstić information content (AvgIpc) is 2.74. The van der Waals surface area contributed by atoms with E-state index in [1.54, 1.807) is 12.4 Å². The third-order valence-electron chi connectivity index (χ3n) is 4.83. The van der Waals surface area contributed by atoms with E-state index in [9.17, 15) is 4.79 Å². The Morgan fingerprint density at radius 1 is 0.964 bits per heavy atom. The molecule has 0 aliphatic rings. The summed E-state index contributed by atoms with van der Waals surface area (Å²) in [6.45, 7) is 4.58. The number of ether oxygens (including phenoxy) is 1.